The molecule has 1 fully saturated rings. The summed E-state index contributed by atoms with van der Waals surface area (Å²) in [4.78, 5) is 0. The lowest BCUT2D eigenvalue weighted by Gasteiger charge is -2.18. The Morgan fingerprint density at radius 1 is 1.17 bits per heavy atom. The molecule has 0 spiro atoms. The maximum Gasteiger partial charge on any atom is 0.128 e. The van der Waals surface area contributed by atoms with Crippen molar-refractivity contribution in [2.75, 3.05) is 6.61 Å². The average molecular weight is 196 g/mol. The van der Waals surface area contributed by atoms with Gasteiger partial charge >= 0.3 is 0 Å². The van der Waals surface area contributed by atoms with Crippen molar-refractivity contribution in [1.82, 2.24) is 0 Å². The second-order valence-corrected chi connectivity index (χ2v) is 4.02. The summed E-state index contributed by atoms with van der Waals surface area (Å²) in [6, 6.07) is 0. The molecule has 1 rings (SSSR count). The Morgan fingerprint density at radius 3 is 2.08 bits per heavy atom. The molecule has 0 aromatic carbocycles. The predicted octanol–water partition coefficient (Wildman–Crippen LogP) is -2.50. The fourth-order valence-corrected chi connectivity index (χ4v) is 2.34. The van der Waals surface area contributed by atoms with E-state index in [1.54, 1.807) is 0 Å². The van der Waals surface area contributed by atoms with Gasteiger partial charge in [0.25, 0.3) is 0 Å². The molecular weight excluding hydrogens is 184 g/mol. The SMILES string of the molecule is OCC(O)C1SC(O)C(O)C1O. The maximum atomic E-state index is 9.23. The van der Waals surface area contributed by atoms with Crippen LogP contribution in [-0.2, 0) is 0 Å². The average Bonchev–Trinajstić information content (AvgIpc) is 2.32. The summed E-state index contributed by atoms with van der Waals surface area (Å²) in [7, 11) is 0. The highest BCUT2D eigenvalue weighted by Crippen LogP contribution is 2.34. The molecule has 0 aromatic rings. The van der Waals surface area contributed by atoms with Crippen LogP contribution in [0.15, 0.2) is 0 Å². The molecule has 6 heteroatoms. The van der Waals surface area contributed by atoms with Gasteiger partial charge in [-0.1, -0.05) is 0 Å². The van der Waals surface area contributed by atoms with Crippen LogP contribution in [-0.4, -0.2) is 61.1 Å². The molecular formula is C6H12O5S. The van der Waals surface area contributed by atoms with E-state index in [2.05, 4.69) is 0 Å². The quantitative estimate of drug-likeness (QED) is 0.334. The third-order valence-electron chi connectivity index (χ3n) is 1.84. The lowest BCUT2D eigenvalue weighted by molar-refractivity contribution is -0.0333. The number of aliphatic hydroxyl groups excluding tert-OH is 5. The zero-order valence-electron chi connectivity index (χ0n) is 6.24. The topological polar surface area (TPSA) is 101 Å². The van der Waals surface area contributed by atoms with E-state index in [1.807, 2.05) is 0 Å². The van der Waals surface area contributed by atoms with E-state index in [9.17, 15) is 5.11 Å². The molecule has 0 amide bonds. The standard InChI is InChI=1S/C6H12O5S/c7-1-2(8)5-3(9)4(10)6(11)12-5/h2-11H,1H2. The van der Waals surface area contributed by atoms with Crippen LogP contribution in [0.1, 0.15) is 0 Å². The van der Waals surface area contributed by atoms with Crippen LogP contribution < -0.4 is 0 Å². The van der Waals surface area contributed by atoms with Gasteiger partial charge in [-0.3, -0.25) is 0 Å². The van der Waals surface area contributed by atoms with Crippen LogP contribution in [0.5, 0.6) is 0 Å². The maximum absolute atomic E-state index is 9.23. The van der Waals surface area contributed by atoms with Gasteiger partial charge < -0.3 is 25.5 Å². The second-order valence-electron chi connectivity index (χ2n) is 2.72. The molecule has 5 atom stereocenters. The molecule has 0 bridgehead atoms. The zero-order valence-corrected chi connectivity index (χ0v) is 7.05. The second kappa shape index (κ2) is 3.91. The molecule has 5 unspecified atom stereocenters. The predicted molar refractivity (Wildman–Crippen MR) is 42.5 cm³/mol. The van der Waals surface area contributed by atoms with Crippen molar-refractivity contribution in [1.29, 1.82) is 0 Å². The van der Waals surface area contributed by atoms with Gasteiger partial charge in [0.15, 0.2) is 0 Å². The van der Waals surface area contributed by atoms with E-state index < -0.39 is 35.6 Å². The largest absolute Gasteiger partial charge is 0.394 e. The normalized spacial score (nSPS) is 44.8. The highest BCUT2D eigenvalue weighted by Gasteiger charge is 2.44. The number of thioether (sulfide) groups is 1. The molecule has 5 nitrogen and oxygen atoms in total. The first-order valence-corrected chi connectivity index (χ1v) is 4.50. The van der Waals surface area contributed by atoms with E-state index in [1.165, 1.54) is 0 Å². The summed E-state index contributed by atoms with van der Waals surface area (Å²) < 4.78 is 0. The Hall–Kier alpha value is 0.150. The van der Waals surface area contributed by atoms with E-state index in [4.69, 9.17) is 20.4 Å². The van der Waals surface area contributed by atoms with Gasteiger partial charge in [0.1, 0.15) is 11.5 Å². The smallest absolute Gasteiger partial charge is 0.128 e. The van der Waals surface area contributed by atoms with Gasteiger partial charge in [-0.2, -0.15) is 0 Å². The fraction of sp³-hybridized carbons (Fsp3) is 1.00. The van der Waals surface area contributed by atoms with Crippen LogP contribution in [0.2, 0.25) is 0 Å². The molecule has 1 saturated heterocycles. The first-order valence-electron chi connectivity index (χ1n) is 3.56. The Kier molecular flexibility index (Phi) is 3.33. The molecule has 0 aliphatic carbocycles. The van der Waals surface area contributed by atoms with Crippen molar-refractivity contribution in [2.45, 2.75) is 29.0 Å². The number of rotatable bonds is 2. The van der Waals surface area contributed by atoms with Crippen LogP contribution in [0.25, 0.3) is 0 Å². The fourth-order valence-electron chi connectivity index (χ4n) is 1.11. The number of aliphatic hydroxyl groups is 5. The van der Waals surface area contributed by atoms with E-state index in [-0.39, 0.29) is 0 Å². The third kappa shape index (κ3) is 1.73. The van der Waals surface area contributed by atoms with Gasteiger partial charge in [0.2, 0.25) is 0 Å². The van der Waals surface area contributed by atoms with Crippen molar-refractivity contribution in [3.05, 3.63) is 0 Å². The van der Waals surface area contributed by atoms with Crippen LogP contribution >= 0.6 is 11.8 Å². The molecule has 0 saturated carbocycles. The molecule has 0 aromatic heterocycles. The van der Waals surface area contributed by atoms with E-state index in [0.717, 1.165) is 11.8 Å². The lowest BCUT2D eigenvalue weighted by Crippen LogP contribution is -2.39. The minimum atomic E-state index is -1.25. The Balaban J connectivity index is 2.58. The minimum absolute atomic E-state index is 0.492. The van der Waals surface area contributed by atoms with E-state index in [0.29, 0.717) is 0 Å². The highest BCUT2D eigenvalue weighted by molar-refractivity contribution is 8.00. The summed E-state index contributed by atoms with van der Waals surface area (Å²) in [6.45, 7) is -0.492. The Labute approximate surface area is 73.7 Å². The molecule has 1 aliphatic rings. The minimum Gasteiger partial charge on any atom is -0.394 e. The van der Waals surface area contributed by atoms with Crippen LogP contribution in [0.3, 0.4) is 0 Å². The van der Waals surface area contributed by atoms with Crippen LogP contribution in [0, 0.1) is 0 Å². The summed E-state index contributed by atoms with van der Waals surface area (Å²) in [5.41, 5.74) is -1.09. The monoisotopic (exact) mass is 196 g/mol. The molecule has 5 N–H and O–H groups in total. The summed E-state index contributed by atoms with van der Waals surface area (Å²) in [5.74, 6) is 0. The van der Waals surface area contributed by atoms with Crippen molar-refractivity contribution in [2.24, 2.45) is 0 Å². The highest BCUT2D eigenvalue weighted by atomic mass is 32.2. The van der Waals surface area contributed by atoms with Crippen molar-refractivity contribution in [3.63, 3.8) is 0 Å². The summed E-state index contributed by atoms with van der Waals surface area (Å²) >= 11 is 0.860. The molecule has 0 radical (unpaired) electrons. The first kappa shape index (κ1) is 10.2. The Morgan fingerprint density at radius 2 is 1.75 bits per heavy atom. The molecule has 72 valence electrons. The van der Waals surface area contributed by atoms with Crippen molar-refractivity contribution < 1.29 is 25.5 Å². The summed E-state index contributed by atoms with van der Waals surface area (Å²) in [5, 5.41) is 44.3. The lowest BCUT2D eigenvalue weighted by atomic mass is 10.1. The van der Waals surface area contributed by atoms with Crippen LogP contribution in [0.4, 0.5) is 0 Å². The molecule has 12 heavy (non-hydrogen) atoms. The van der Waals surface area contributed by atoms with Gasteiger partial charge in [0.05, 0.1) is 24.1 Å². The zero-order chi connectivity index (χ0) is 9.30. The van der Waals surface area contributed by atoms with E-state index >= 15 is 0 Å². The van der Waals surface area contributed by atoms with Gasteiger partial charge in [-0.05, 0) is 0 Å². The number of hydrogen-bond donors (Lipinski definition) is 5. The number of hydrogen-bond acceptors (Lipinski definition) is 6. The van der Waals surface area contributed by atoms with Gasteiger partial charge in [0, 0.05) is 0 Å². The Bertz CT molecular complexity index is 155. The summed E-state index contributed by atoms with van der Waals surface area (Å²) in [6.07, 6.45) is -3.55. The molecule has 1 aliphatic heterocycles. The van der Waals surface area contributed by atoms with Crippen molar-refractivity contribution in [3.8, 4) is 0 Å². The van der Waals surface area contributed by atoms with Crippen molar-refractivity contribution >= 4 is 11.8 Å². The molecule has 1 heterocycles. The third-order valence-corrected chi connectivity index (χ3v) is 3.31. The van der Waals surface area contributed by atoms with Gasteiger partial charge in [-0.15, -0.1) is 11.8 Å². The first-order chi connectivity index (χ1) is 5.57. The van der Waals surface area contributed by atoms with Gasteiger partial charge in [-0.25, -0.2) is 0 Å².